The Morgan fingerprint density at radius 1 is 1.08 bits per heavy atom. The predicted molar refractivity (Wildman–Crippen MR) is 148 cm³/mol. The molecule has 0 radical (unpaired) electrons. The van der Waals surface area contributed by atoms with Gasteiger partial charge in [0.25, 0.3) is 0 Å². The minimum atomic E-state index is -3.63. The van der Waals surface area contributed by atoms with Gasteiger partial charge in [0, 0.05) is 25.6 Å². The molecule has 0 bridgehead atoms. The van der Waals surface area contributed by atoms with Gasteiger partial charge >= 0.3 is 0 Å². The Morgan fingerprint density at radius 2 is 1.76 bits per heavy atom. The number of halogens is 1. The van der Waals surface area contributed by atoms with Gasteiger partial charge in [-0.25, -0.2) is 8.42 Å². The van der Waals surface area contributed by atoms with Gasteiger partial charge in [-0.15, -0.1) is 0 Å². The van der Waals surface area contributed by atoms with Crippen molar-refractivity contribution in [1.29, 1.82) is 0 Å². The molecule has 204 valence electrons. The highest BCUT2D eigenvalue weighted by Crippen LogP contribution is 2.30. The molecule has 0 aliphatic rings. The Morgan fingerprint density at radius 3 is 2.30 bits per heavy atom. The molecule has 2 aromatic carbocycles. The average molecular weight is 552 g/mol. The maximum absolute atomic E-state index is 13.5. The standard InChI is InChI=1S/C27H38ClN3O5S/c1-6-20(3)29-27(33)24(7-2)30(19-21-12-9-8-10-13-21)26(32)14-11-17-31(37(5,34)35)22-15-16-25(36-4)23(28)18-22/h8-10,12-13,15-16,18,20,24H,6-7,11,14,17,19H2,1-5H3,(H,29,33)/t20-,24-/m0/s1. The number of hydrogen-bond acceptors (Lipinski definition) is 5. The first-order valence-electron chi connectivity index (χ1n) is 12.5. The summed E-state index contributed by atoms with van der Waals surface area (Å²) in [5.41, 5.74) is 1.30. The Bertz CT molecular complexity index is 1140. The molecule has 2 atom stereocenters. The number of sulfonamides is 1. The fraction of sp³-hybridized carbons (Fsp3) is 0.481. The van der Waals surface area contributed by atoms with Crippen molar-refractivity contribution in [3.05, 3.63) is 59.1 Å². The van der Waals surface area contributed by atoms with E-state index in [1.807, 2.05) is 51.1 Å². The maximum Gasteiger partial charge on any atom is 0.243 e. The third-order valence-electron chi connectivity index (χ3n) is 6.16. The van der Waals surface area contributed by atoms with Crippen molar-refractivity contribution < 1.29 is 22.7 Å². The van der Waals surface area contributed by atoms with Gasteiger partial charge in [-0.3, -0.25) is 13.9 Å². The van der Waals surface area contributed by atoms with E-state index < -0.39 is 16.1 Å². The van der Waals surface area contributed by atoms with Crippen LogP contribution in [0.2, 0.25) is 5.02 Å². The number of hydrogen-bond donors (Lipinski definition) is 1. The van der Waals surface area contributed by atoms with Gasteiger partial charge in [0.15, 0.2) is 0 Å². The topological polar surface area (TPSA) is 96.0 Å². The van der Waals surface area contributed by atoms with Crippen LogP contribution < -0.4 is 14.4 Å². The molecule has 2 amide bonds. The molecule has 8 nitrogen and oxygen atoms in total. The monoisotopic (exact) mass is 551 g/mol. The second-order valence-corrected chi connectivity index (χ2v) is 11.3. The molecule has 0 aliphatic heterocycles. The molecule has 0 unspecified atom stereocenters. The molecule has 2 rings (SSSR count). The van der Waals surface area contributed by atoms with Crippen LogP contribution in [0.1, 0.15) is 52.0 Å². The zero-order chi connectivity index (χ0) is 27.6. The van der Waals surface area contributed by atoms with E-state index in [-0.39, 0.29) is 48.8 Å². The second-order valence-electron chi connectivity index (χ2n) is 9.01. The second kappa shape index (κ2) is 14.2. The lowest BCUT2D eigenvalue weighted by atomic mass is 10.1. The predicted octanol–water partition coefficient (Wildman–Crippen LogP) is 4.62. The van der Waals surface area contributed by atoms with Crippen LogP contribution in [0.5, 0.6) is 5.75 Å². The van der Waals surface area contributed by atoms with E-state index in [1.54, 1.807) is 17.0 Å². The lowest BCUT2D eigenvalue weighted by molar-refractivity contribution is -0.141. The average Bonchev–Trinajstić information content (AvgIpc) is 2.86. The molecule has 0 saturated heterocycles. The Kier molecular flexibility index (Phi) is 11.7. The van der Waals surface area contributed by atoms with Crippen molar-refractivity contribution in [2.45, 2.75) is 65.1 Å². The van der Waals surface area contributed by atoms with Crippen LogP contribution in [0.25, 0.3) is 0 Å². The molecule has 10 heteroatoms. The Labute approximate surface area is 226 Å². The molecule has 2 aromatic rings. The number of carbonyl (C=O) groups excluding carboxylic acids is 2. The van der Waals surface area contributed by atoms with E-state index >= 15 is 0 Å². The van der Waals surface area contributed by atoms with Crippen molar-refractivity contribution >= 4 is 39.1 Å². The van der Waals surface area contributed by atoms with Gasteiger partial charge in [-0.1, -0.05) is 55.8 Å². The van der Waals surface area contributed by atoms with Crippen molar-refractivity contribution in [3.63, 3.8) is 0 Å². The number of methoxy groups -OCH3 is 1. The smallest absolute Gasteiger partial charge is 0.243 e. The molecule has 0 spiro atoms. The van der Waals surface area contributed by atoms with Crippen molar-refractivity contribution in [2.75, 3.05) is 24.2 Å². The van der Waals surface area contributed by atoms with E-state index in [0.717, 1.165) is 18.2 Å². The number of anilines is 1. The summed E-state index contributed by atoms with van der Waals surface area (Å²) in [6.07, 6.45) is 2.70. The lowest BCUT2D eigenvalue weighted by Gasteiger charge is -2.32. The summed E-state index contributed by atoms with van der Waals surface area (Å²) in [5.74, 6) is 0.0369. The van der Waals surface area contributed by atoms with E-state index in [0.29, 0.717) is 17.9 Å². The lowest BCUT2D eigenvalue weighted by Crippen LogP contribution is -2.50. The number of carbonyl (C=O) groups is 2. The number of ether oxygens (including phenoxy) is 1. The van der Waals surface area contributed by atoms with Gasteiger partial charge in [-0.05, 0) is 49.9 Å². The maximum atomic E-state index is 13.5. The molecule has 0 fully saturated rings. The van der Waals surface area contributed by atoms with Gasteiger partial charge in [-0.2, -0.15) is 0 Å². The zero-order valence-corrected chi connectivity index (χ0v) is 23.8. The number of nitrogens with one attached hydrogen (secondary N) is 1. The van der Waals surface area contributed by atoms with E-state index in [2.05, 4.69) is 5.32 Å². The third-order valence-corrected chi connectivity index (χ3v) is 7.65. The quantitative estimate of drug-likeness (QED) is 0.370. The zero-order valence-electron chi connectivity index (χ0n) is 22.2. The number of nitrogens with zero attached hydrogens (tertiary/aromatic N) is 2. The van der Waals surface area contributed by atoms with Gasteiger partial charge in [0.05, 0.1) is 24.1 Å². The van der Waals surface area contributed by atoms with Crippen molar-refractivity contribution in [1.82, 2.24) is 10.2 Å². The van der Waals surface area contributed by atoms with Crippen LogP contribution in [0.3, 0.4) is 0 Å². The van der Waals surface area contributed by atoms with Crippen LogP contribution in [0, 0.1) is 0 Å². The molecule has 1 N–H and O–H groups in total. The third kappa shape index (κ3) is 8.93. The minimum Gasteiger partial charge on any atom is -0.495 e. The number of amides is 2. The molecule has 0 aliphatic carbocycles. The number of benzene rings is 2. The van der Waals surface area contributed by atoms with Crippen LogP contribution in [-0.2, 0) is 26.2 Å². The molecule has 0 saturated carbocycles. The SMILES string of the molecule is CC[C@H](C)NC(=O)[C@H](CC)N(Cc1ccccc1)C(=O)CCCN(c1ccc(OC)c(Cl)c1)S(C)(=O)=O. The molecular weight excluding hydrogens is 514 g/mol. The number of rotatable bonds is 14. The summed E-state index contributed by atoms with van der Waals surface area (Å²) in [6.45, 7) is 6.17. The summed E-state index contributed by atoms with van der Waals surface area (Å²) in [6, 6.07) is 13.6. The van der Waals surface area contributed by atoms with Gasteiger partial charge < -0.3 is 15.0 Å². The summed E-state index contributed by atoms with van der Waals surface area (Å²) >= 11 is 6.21. The summed E-state index contributed by atoms with van der Waals surface area (Å²) in [7, 11) is -2.15. The highest BCUT2D eigenvalue weighted by molar-refractivity contribution is 7.92. The van der Waals surface area contributed by atoms with Crippen LogP contribution in [-0.4, -0.2) is 57.1 Å². The Balaban J connectivity index is 2.21. The Hall–Kier alpha value is -2.78. The van der Waals surface area contributed by atoms with Gasteiger partial charge in [0.1, 0.15) is 11.8 Å². The highest BCUT2D eigenvalue weighted by Gasteiger charge is 2.29. The van der Waals surface area contributed by atoms with Crippen molar-refractivity contribution in [3.8, 4) is 5.75 Å². The molecule has 37 heavy (non-hydrogen) atoms. The van der Waals surface area contributed by atoms with Crippen LogP contribution >= 0.6 is 11.6 Å². The van der Waals surface area contributed by atoms with Crippen LogP contribution in [0.15, 0.2) is 48.5 Å². The van der Waals surface area contributed by atoms with Crippen molar-refractivity contribution in [2.24, 2.45) is 0 Å². The van der Waals surface area contributed by atoms with E-state index in [4.69, 9.17) is 16.3 Å². The summed E-state index contributed by atoms with van der Waals surface area (Å²) in [5, 5.41) is 3.28. The summed E-state index contributed by atoms with van der Waals surface area (Å²) < 4.78 is 31.4. The molecular formula is C27H38ClN3O5S. The normalized spacial score (nSPS) is 12.9. The summed E-state index contributed by atoms with van der Waals surface area (Å²) in [4.78, 5) is 28.1. The van der Waals surface area contributed by atoms with E-state index in [1.165, 1.54) is 17.5 Å². The minimum absolute atomic E-state index is 0.00475. The van der Waals surface area contributed by atoms with Gasteiger partial charge in [0.2, 0.25) is 21.8 Å². The van der Waals surface area contributed by atoms with Crippen LogP contribution in [0.4, 0.5) is 5.69 Å². The fourth-order valence-corrected chi connectivity index (χ4v) is 5.16. The largest absolute Gasteiger partial charge is 0.495 e. The highest BCUT2D eigenvalue weighted by atomic mass is 35.5. The molecule has 0 heterocycles. The van der Waals surface area contributed by atoms with E-state index in [9.17, 15) is 18.0 Å². The fourth-order valence-electron chi connectivity index (χ4n) is 3.96. The first-order valence-corrected chi connectivity index (χ1v) is 14.7. The first kappa shape index (κ1) is 30.4. The molecule has 0 aromatic heterocycles. The first-order chi connectivity index (χ1) is 17.5.